The van der Waals surface area contributed by atoms with Crippen molar-refractivity contribution in [3.63, 3.8) is 0 Å². The van der Waals surface area contributed by atoms with Gasteiger partial charge >= 0.3 is 0 Å². The van der Waals surface area contributed by atoms with Crippen LogP contribution in [0.4, 0.5) is 0 Å². The number of benzene rings is 1. The molecule has 0 aromatic heterocycles. The van der Waals surface area contributed by atoms with Gasteiger partial charge in [0.2, 0.25) is 0 Å². The molecule has 1 aromatic carbocycles. The van der Waals surface area contributed by atoms with E-state index in [-0.39, 0.29) is 6.42 Å². The lowest BCUT2D eigenvalue weighted by Gasteiger charge is -2.11. The summed E-state index contributed by atoms with van der Waals surface area (Å²) in [5.74, 6) is 0.994. The van der Waals surface area contributed by atoms with Crippen molar-refractivity contribution in [1.29, 1.82) is 5.41 Å². The van der Waals surface area contributed by atoms with Crippen LogP contribution in [-0.2, 0) is 16.5 Å². The van der Waals surface area contributed by atoms with Gasteiger partial charge in [0.1, 0.15) is 5.25 Å². The van der Waals surface area contributed by atoms with E-state index in [1.54, 1.807) is 18.2 Å². The minimum absolute atomic E-state index is 0.00267. The van der Waals surface area contributed by atoms with E-state index in [2.05, 4.69) is 0 Å². The Morgan fingerprint density at radius 2 is 1.94 bits per heavy atom. The highest BCUT2D eigenvalue weighted by Gasteiger charge is 2.21. The van der Waals surface area contributed by atoms with Gasteiger partial charge in [-0.15, -0.1) is 0 Å². The van der Waals surface area contributed by atoms with E-state index in [0.717, 1.165) is 0 Å². The van der Waals surface area contributed by atoms with Crippen molar-refractivity contribution in [2.24, 2.45) is 0 Å². The van der Waals surface area contributed by atoms with Crippen LogP contribution < -0.4 is 9.47 Å². The van der Waals surface area contributed by atoms with Gasteiger partial charge in [-0.1, -0.05) is 6.07 Å². The van der Waals surface area contributed by atoms with Crippen molar-refractivity contribution in [1.82, 2.24) is 0 Å². The third-order valence-electron chi connectivity index (χ3n) is 2.45. The fourth-order valence-corrected chi connectivity index (χ4v) is 2.07. The van der Waals surface area contributed by atoms with Gasteiger partial charge in [0.25, 0.3) is 10.1 Å². The SMILES string of the molecule is COc1ccc(CC(C=N)S(=O)(=O)O)cc1OC. The molecule has 1 atom stereocenters. The zero-order valence-electron chi connectivity index (χ0n) is 10.1. The van der Waals surface area contributed by atoms with E-state index in [1.807, 2.05) is 0 Å². The van der Waals surface area contributed by atoms with Crippen LogP contribution in [0.25, 0.3) is 0 Å². The monoisotopic (exact) mass is 273 g/mol. The molecule has 0 aliphatic carbocycles. The Morgan fingerprint density at radius 1 is 1.33 bits per heavy atom. The maximum atomic E-state index is 11.0. The van der Waals surface area contributed by atoms with Crippen LogP contribution in [0.1, 0.15) is 5.56 Å². The zero-order chi connectivity index (χ0) is 13.8. The molecule has 1 unspecified atom stereocenters. The van der Waals surface area contributed by atoms with Gasteiger partial charge in [0.05, 0.1) is 14.2 Å². The Bertz CT molecular complexity index is 526. The molecule has 0 heterocycles. The summed E-state index contributed by atoms with van der Waals surface area (Å²) in [4.78, 5) is 0. The van der Waals surface area contributed by atoms with Gasteiger partial charge in [-0.25, -0.2) is 0 Å². The van der Waals surface area contributed by atoms with Crippen LogP contribution in [0.5, 0.6) is 11.5 Å². The molecule has 2 N–H and O–H groups in total. The van der Waals surface area contributed by atoms with Crippen molar-refractivity contribution in [3.8, 4) is 11.5 Å². The highest BCUT2D eigenvalue weighted by molar-refractivity contribution is 7.87. The lowest BCUT2D eigenvalue weighted by atomic mass is 10.1. The molecule has 100 valence electrons. The number of nitrogens with one attached hydrogen (secondary N) is 1. The first-order valence-corrected chi connectivity index (χ1v) is 6.60. The average Bonchev–Trinajstić information content (AvgIpc) is 2.34. The molecule has 6 nitrogen and oxygen atoms in total. The highest BCUT2D eigenvalue weighted by atomic mass is 32.2. The Kier molecular flexibility index (Phi) is 4.69. The molecule has 0 saturated carbocycles. The van der Waals surface area contributed by atoms with E-state index >= 15 is 0 Å². The van der Waals surface area contributed by atoms with Gasteiger partial charge in [0.15, 0.2) is 11.5 Å². The van der Waals surface area contributed by atoms with Gasteiger partial charge in [-0.2, -0.15) is 8.42 Å². The Labute approximate surface area is 106 Å². The number of methoxy groups -OCH3 is 2. The molecular weight excluding hydrogens is 258 g/mol. The molecule has 0 aliphatic rings. The number of hydrogen-bond acceptors (Lipinski definition) is 5. The summed E-state index contributed by atoms with van der Waals surface area (Å²) in [6, 6.07) is 4.91. The van der Waals surface area contributed by atoms with Crippen LogP contribution in [0.3, 0.4) is 0 Å². The predicted molar refractivity (Wildman–Crippen MR) is 67.4 cm³/mol. The second-order valence-electron chi connectivity index (χ2n) is 3.61. The summed E-state index contributed by atoms with van der Waals surface area (Å²) >= 11 is 0. The molecule has 1 rings (SSSR count). The van der Waals surface area contributed by atoms with Crippen LogP contribution in [0.2, 0.25) is 0 Å². The second kappa shape index (κ2) is 5.83. The lowest BCUT2D eigenvalue weighted by Crippen LogP contribution is -2.24. The smallest absolute Gasteiger partial charge is 0.273 e. The zero-order valence-corrected chi connectivity index (χ0v) is 10.9. The summed E-state index contributed by atoms with van der Waals surface area (Å²) in [7, 11) is -1.30. The summed E-state index contributed by atoms with van der Waals surface area (Å²) in [6.45, 7) is 0. The molecule has 7 heteroatoms. The van der Waals surface area contributed by atoms with E-state index in [4.69, 9.17) is 19.4 Å². The lowest BCUT2D eigenvalue weighted by molar-refractivity contribution is 0.354. The van der Waals surface area contributed by atoms with Gasteiger partial charge in [-0.3, -0.25) is 4.55 Å². The minimum Gasteiger partial charge on any atom is -0.493 e. The fourth-order valence-electron chi connectivity index (χ4n) is 1.49. The standard InChI is InChI=1S/C11H15NO5S/c1-16-10-4-3-8(6-11(10)17-2)5-9(7-12)18(13,14)15/h3-4,6-7,9,12H,5H2,1-2H3,(H,13,14,15). The molecule has 0 fully saturated rings. The fraction of sp³-hybridized carbons (Fsp3) is 0.364. The maximum absolute atomic E-state index is 11.0. The molecule has 0 amide bonds. The van der Waals surface area contributed by atoms with Gasteiger partial charge in [-0.05, 0) is 24.1 Å². The van der Waals surface area contributed by atoms with Crippen LogP contribution in [0, 0.1) is 5.41 Å². The Balaban J connectivity index is 3.01. The minimum atomic E-state index is -4.26. The van der Waals surface area contributed by atoms with E-state index in [0.29, 0.717) is 23.3 Å². The van der Waals surface area contributed by atoms with Crippen LogP contribution >= 0.6 is 0 Å². The molecule has 18 heavy (non-hydrogen) atoms. The van der Waals surface area contributed by atoms with E-state index in [9.17, 15) is 8.42 Å². The van der Waals surface area contributed by atoms with E-state index < -0.39 is 15.4 Å². The van der Waals surface area contributed by atoms with Crippen molar-refractivity contribution < 1.29 is 22.4 Å². The van der Waals surface area contributed by atoms with Crippen molar-refractivity contribution >= 4 is 16.3 Å². The molecule has 0 bridgehead atoms. The first-order chi connectivity index (χ1) is 8.42. The molecule has 0 aliphatic heterocycles. The normalized spacial score (nSPS) is 12.8. The number of hydrogen-bond donors (Lipinski definition) is 2. The van der Waals surface area contributed by atoms with Gasteiger partial charge < -0.3 is 14.9 Å². The van der Waals surface area contributed by atoms with Crippen LogP contribution in [0.15, 0.2) is 18.2 Å². The highest BCUT2D eigenvalue weighted by Crippen LogP contribution is 2.28. The quantitative estimate of drug-likeness (QED) is 0.598. The van der Waals surface area contributed by atoms with Crippen LogP contribution in [-0.4, -0.2) is 38.7 Å². The van der Waals surface area contributed by atoms with Crippen molar-refractivity contribution in [2.75, 3.05) is 14.2 Å². The molecule has 0 spiro atoms. The summed E-state index contributed by atoms with van der Waals surface area (Å²) in [5.41, 5.74) is 0.624. The Morgan fingerprint density at radius 3 is 2.39 bits per heavy atom. The number of rotatable bonds is 6. The third kappa shape index (κ3) is 3.44. The topological polar surface area (TPSA) is 96.7 Å². The number of ether oxygens (including phenoxy) is 2. The van der Waals surface area contributed by atoms with E-state index in [1.165, 1.54) is 14.2 Å². The first kappa shape index (κ1) is 14.5. The first-order valence-electron chi connectivity index (χ1n) is 5.10. The average molecular weight is 273 g/mol. The maximum Gasteiger partial charge on any atom is 0.273 e. The molecule has 1 aromatic rings. The van der Waals surface area contributed by atoms with Crippen molar-refractivity contribution in [2.45, 2.75) is 11.7 Å². The van der Waals surface area contributed by atoms with Gasteiger partial charge in [0, 0.05) is 6.21 Å². The summed E-state index contributed by atoms with van der Waals surface area (Å²) < 4.78 is 41.1. The third-order valence-corrected chi connectivity index (χ3v) is 3.52. The molecule has 0 saturated heterocycles. The summed E-state index contributed by atoms with van der Waals surface area (Å²) in [5, 5.41) is 5.77. The summed E-state index contributed by atoms with van der Waals surface area (Å²) in [6.07, 6.45) is 0.703. The molecule has 0 radical (unpaired) electrons. The second-order valence-corrected chi connectivity index (χ2v) is 5.25. The predicted octanol–water partition coefficient (Wildman–Crippen LogP) is 1.15. The van der Waals surface area contributed by atoms with Crippen molar-refractivity contribution in [3.05, 3.63) is 23.8 Å². The largest absolute Gasteiger partial charge is 0.493 e. The Hall–Kier alpha value is -1.60. The molecular formula is C11H15NO5S.